The van der Waals surface area contributed by atoms with E-state index in [0.29, 0.717) is 0 Å². The molecule has 0 unspecified atom stereocenters. The van der Waals surface area contributed by atoms with E-state index in [4.69, 9.17) is 0 Å². The largest absolute Gasteiger partial charge is 0.314 e. The molecule has 0 spiro atoms. The van der Waals surface area contributed by atoms with Gasteiger partial charge in [-0.15, -0.1) is 0 Å². The molecule has 0 aliphatic heterocycles. The number of nitrogens with one attached hydrogen (secondary N) is 2. The zero-order valence-electron chi connectivity index (χ0n) is 14.0. The third kappa shape index (κ3) is 4.83. The molecule has 1 heterocycles. The minimum atomic E-state index is 0.0362. The fourth-order valence-electron chi connectivity index (χ4n) is 3.82. The van der Waals surface area contributed by atoms with Gasteiger partial charge in [-0.3, -0.25) is 4.79 Å². The molecule has 1 aromatic heterocycles. The van der Waals surface area contributed by atoms with E-state index in [0.717, 1.165) is 55.3 Å². The number of hydrogen-bond donors (Lipinski definition) is 2. The maximum absolute atomic E-state index is 11.8. The van der Waals surface area contributed by atoms with Crippen molar-refractivity contribution in [2.24, 2.45) is 0 Å². The van der Waals surface area contributed by atoms with Crippen molar-refractivity contribution in [3.8, 4) is 0 Å². The van der Waals surface area contributed by atoms with E-state index in [1.165, 1.54) is 49.8 Å². The van der Waals surface area contributed by atoms with Crippen molar-refractivity contribution in [2.45, 2.75) is 70.3 Å². The van der Waals surface area contributed by atoms with E-state index in [9.17, 15) is 4.79 Å². The van der Waals surface area contributed by atoms with Gasteiger partial charge in [0.2, 0.25) is 0 Å². The zero-order valence-corrected chi connectivity index (χ0v) is 14.8. The predicted octanol–water partition coefficient (Wildman–Crippen LogP) is 2.85. The Kier molecular flexibility index (Phi) is 6.57. The first-order valence-corrected chi connectivity index (χ1v) is 10.4. The van der Waals surface area contributed by atoms with Gasteiger partial charge < -0.3 is 5.32 Å². The van der Waals surface area contributed by atoms with Crippen LogP contribution in [0.15, 0.2) is 4.79 Å². The Morgan fingerprint density at radius 2 is 1.87 bits per heavy atom. The Hall–Kier alpha value is -0.810. The number of aromatic amines is 1. The van der Waals surface area contributed by atoms with Crippen molar-refractivity contribution in [2.75, 3.05) is 18.1 Å². The average molecular weight is 336 g/mol. The first kappa shape index (κ1) is 17.0. The Balaban J connectivity index is 1.35. The molecular weight excluding hydrogens is 306 g/mol. The lowest BCUT2D eigenvalue weighted by molar-refractivity contribution is 0.525. The second-order valence-corrected chi connectivity index (χ2v) is 8.04. The molecule has 0 amide bonds. The Labute approximate surface area is 143 Å². The summed E-state index contributed by atoms with van der Waals surface area (Å²) in [7, 11) is 0. The Morgan fingerprint density at radius 1 is 1.09 bits per heavy atom. The van der Waals surface area contributed by atoms with Gasteiger partial charge in [-0.2, -0.15) is 16.9 Å². The van der Waals surface area contributed by atoms with Crippen molar-refractivity contribution in [1.82, 2.24) is 15.5 Å². The fourth-order valence-corrected chi connectivity index (χ4v) is 4.71. The monoisotopic (exact) mass is 335 g/mol. The van der Waals surface area contributed by atoms with Crippen LogP contribution in [-0.4, -0.2) is 34.3 Å². The van der Waals surface area contributed by atoms with E-state index in [-0.39, 0.29) is 5.56 Å². The lowest BCUT2D eigenvalue weighted by atomic mass is 9.91. The molecule has 1 fully saturated rings. The first-order chi connectivity index (χ1) is 11.3. The van der Waals surface area contributed by atoms with Crippen LogP contribution in [0.3, 0.4) is 0 Å². The number of hydrogen-bond acceptors (Lipinski definition) is 4. The molecule has 5 heteroatoms. The van der Waals surface area contributed by atoms with Crippen molar-refractivity contribution in [3.05, 3.63) is 27.2 Å². The third-order valence-corrected chi connectivity index (χ3v) is 6.19. The molecule has 0 saturated heterocycles. The number of H-pyrrole nitrogens is 1. The summed E-state index contributed by atoms with van der Waals surface area (Å²) in [5.41, 5.74) is 3.43. The van der Waals surface area contributed by atoms with Gasteiger partial charge in [0.05, 0.1) is 5.69 Å². The van der Waals surface area contributed by atoms with Crippen LogP contribution in [0.2, 0.25) is 0 Å². The summed E-state index contributed by atoms with van der Waals surface area (Å²) < 4.78 is 0. The van der Waals surface area contributed by atoms with Gasteiger partial charge in [0.25, 0.3) is 5.56 Å². The molecule has 0 aromatic carbocycles. The average Bonchev–Trinajstić information content (AvgIpc) is 3.09. The van der Waals surface area contributed by atoms with Crippen molar-refractivity contribution < 1.29 is 0 Å². The molecule has 2 N–H and O–H groups in total. The van der Waals surface area contributed by atoms with Crippen molar-refractivity contribution in [1.29, 1.82) is 0 Å². The zero-order chi connectivity index (χ0) is 15.9. The molecule has 0 radical (unpaired) electrons. The second-order valence-electron chi connectivity index (χ2n) is 6.82. The van der Waals surface area contributed by atoms with E-state index in [1.807, 2.05) is 11.8 Å². The van der Waals surface area contributed by atoms with Gasteiger partial charge in [0.15, 0.2) is 0 Å². The molecule has 1 aromatic rings. The van der Waals surface area contributed by atoms with Gasteiger partial charge in [0.1, 0.15) is 0 Å². The van der Waals surface area contributed by atoms with Gasteiger partial charge in [-0.1, -0.05) is 12.8 Å². The maximum atomic E-state index is 11.8. The molecule has 23 heavy (non-hydrogen) atoms. The van der Waals surface area contributed by atoms with Crippen LogP contribution in [0.5, 0.6) is 0 Å². The predicted molar refractivity (Wildman–Crippen MR) is 97.4 cm³/mol. The second kappa shape index (κ2) is 8.88. The highest BCUT2D eigenvalue weighted by Gasteiger charge is 2.17. The van der Waals surface area contributed by atoms with Gasteiger partial charge >= 0.3 is 0 Å². The van der Waals surface area contributed by atoms with Crippen molar-refractivity contribution in [3.63, 3.8) is 0 Å². The van der Waals surface area contributed by atoms with Crippen LogP contribution >= 0.6 is 11.8 Å². The van der Waals surface area contributed by atoms with Crippen LogP contribution in [0.4, 0.5) is 0 Å². The highest BCUT2D eigenvalue weighted by Crippen LogP contribution is 2.21. The van der Waals surface area contributed by atoms with E-state index >= 15 is 0 Å². The summed E-state index contributed by atoms with van der Waals surface area (Å²) in [6, 6.07) is 0.789. The van der Waals surface area contributed by atoms with Crippen molar-refractivity contribution >= 4 is 11.8 Å². The smallest absolute Gasteiger partial charge is 0.267 e. The van der Waals surface area contributed by atoms with Crippen LogP contribution in [0.25, 0.3) is 0 Å². The van der Waals surface area contributed by atoms with Gasteiger partial charge in [-0.05, 0) is 68.6 Å². The first-order valence-electron chi connectivity index (χ1n) is 9.25. The lowest BCUT2D eigenvalue weighted by Crippen LogP contribution is -2.27. The molecule has 3 rings (SSSR count). The molecule has 1 saturated carbocycles. The number of fused-ring (bicyclic) bond motifs is 1. The summed E-state index contributed by atoms with van der Waals surface area (Å²) >= 11 is 2.01. The molecular formula is C18H29N3OS. The Morgan fingerprint density at radius 3 is 2.70 bits per heavy atom. The normalized spacial score (nSPS) is 18.3. The van der Waals surface area contributed by atoms with Crippen LogP contribution < -0.4 is 10.9 Å². The highest BCUT2D eigenvalue weighted by molar-refractivity contribution is 7.99. The molecule has 2 aliphatic rings. The van der Waals surface area contributed by atoms with Gasteiger partial charge in [-0.25, -0.2) is 5.10 Å². The summed E-state index contributed by atoms with van der Waals surface area (Å²) in [5.74, 6) is 2.32. The summed E-state index contributed by atoms with van der Waals surface area (Å²) in [6.07, 6.45) is 12.1. The standard InChI is InChI=1S/C18H29N3OS/c22-18-16-9-4-3-8-15(16)17(20-21-18)10-13-23-12-5-11-19-14-6-1-2-7-14/h14,19H,1-13H2,(H,21,22). The third-order valence-electron chi connectivity index (χ3n) is 5.12. The quantitative estimate of drug-likeness (QED) is 0.717. The molecule has 0 atom stereocenters. The van der Waals surface area contributed by atoms with Crippen LogP contribution in [0, 0.1) is 0 Å². The molecule has 0 bridgehead atoms. The number of aryl methyl sites for hydroxylation is 1. The van der Waals surface area contributed by atoms with Gasteiger partial charge in [0, 0.05) is 18.0 Å². The van der Waals surface area contributed by atoms with Crippen LogP contribution in [-0.2, 0) is 19.3 Å². The molecule has 2 aliphatic carbocycles. The minimum Gasteiger partial charge on any atom is -0.314 e. The topological polar surface area (TPSA) is 57.8 Å². The minimum absolute atomic E-state index is 0.0362. The number of nitrogens with zero attached hydrogens (tertiary/aromatic N) is 1. The number of aromatic nitrogens is 2. The summed E-state index contributed by atoms with van der Waals surface area (Å²) in [5, 5.41) is 10.7. The number of thioether (sulfide) groups is 1. The fraction of sp³-hybridized carbons (Fsp3) is 0.778. The molecule has 4 nitrogen and oxygen atoms in total. The SMILES string of the molecule is O=c1[nH]nc(CCSCCCNC2CCCC2)c2c1CCCC2. The lowest BCUT2D eigenvalue weighted by Gasteiger charge is -2.17. The van der Waals surface area contributed by atoms with Crippen LogP contribution in [0.1, 0.15) is 61.8 Å². The van der Waals surface area contributed by atoms with E-state index in [2.05, 4.69) is 15.5 Å². The Bertz CT molecular complexity index is 552. The summed E-state index contributed by atoms with van der Waals surface area (Å²) in [6.45, 7) is 1.16. The summed E-state index contributed by atoms with van der Waals surface area (Å²) in [4.78, 5) is 11.8. The van der Waals surface area contributed by atoms with E-state index < -0.39 is 0 Å². The maximum Gasteiger partial charge on any atom is 0.267 e. The highest BCUT2D eigenvalue weighted by atomic mass is 32.2. The molecule has 128 valence electrons. The van der Waals surface area contributed by atoms with E-state index in [1.54, 1.807) is 0 Å². The number of rotatable bonds is 8.